The van der Waals surface area contributed by atoms with Crippen LogP contribution in [0.5, 0.6) is 0 Å². The zero-order chi connectivity index (χ0) is 8.27. The average Bonchev–Trinajstić information content (AvgIpc) is 2.66. The molecule has 0 saturated heterocycles. The van der Waals surface area contributed by atoms with E-state index in [1.807, 2.05) is 7.05 Å². The second-order valence-electron chi connectivity index (χ2n) is 3.01. The van der Waals surface area contributed by atoms with Gasteiger partial charge in [-0.2, -0.15) is 0 Å². The van der Waals surface area contributed by atoms with Gasteiger partial charge in [-0.1, -0.05) is 6.08 Å². The smallest absolute Gasteiger partial charge is 0.171 e. The van der Waals surface area contributed by atoms with Gasteiger partial charge < -0.3 is 10.2 Å². The van der Waals surface area contributed by atoms with Crippen LogP contribution in [-0.4, -0.2) is 41.0 Å². The fraction of sp³-hybridized carbons (Fsp3) is 0.750. The summed E-state index contributed by atoms with van der Waals surface area (Å²) in [6, 6.07) is 0.732. The molecule has 0 unspecified atom stereocenters. The first-order valence-corrected chi connectivity index (χ1v) is 3.93. The molecule has 0 heterocycles. The molecule has 0 spiro atoms. The maximum absolute atomic E-state index is 8.47. The summed E-state index contributed by atoms with van der Waals surface area (Å²) >= 11 is 0. The molecule has 0 bridgehead atoms. The van der Waals surface area contributed by atoms with Gasteiger partial charge in [0.25, 0.3) is 0 Å². The van der Waals surface area contributed by atoms with E-state index in [1.54, 1.807) is 6.08 Å². The minimum Gasteiger partial charge on any atom is -0.365 e. The third-order valence-corrected chi connectivity index (χ3v) is 1.87. The Bertz CT molecular complexity index is 141. The molecule has 0 radical (unpaired) electrons. The molecule has 1 aliphatic rings. The van der Waals surface area contributed by atoms with Crippen molar-refractivity contribution in [3.63, 3.8) is 0 Å². The van der Waals surface area contributed by atoms with Crippen molar-refractivity contribution in [2.75, 3.05) is 13.6 Å². The van der Waals surface area contributed by atoms with Crippen LogP contribution in [-0.2, 0) is 0 Å². The van der Waals surface area contributed by atoms with Gasteiger partial charge in [0, 0.05) is 12.6 Å². The predicted molar refractivity (Wildman–Crippen MR) is 43.0 cm³/mol. The fourth-order valence-corrected chi connectivity index (χ4v) is 1.01. The molecule has 2 N–H and O–H groups in total. The summed E-state index contributed by atoms with van der Waals surface area (Å²) in [6.45, 7) is 0.808. The van der Waals surface area contributed by atoms with Gasteiger partial charge in [0.05, 0.1) is 0 Å². The normalized spacial score (nSPS) is 19.0. The van der Waals surface area contributed by atoms with Crippen molar-refractivity contribution >= 4 is 0 Å². The Morgan fingerprint density at radius 2 is 2.18 bits per heavy atom. The van der Waals surface area contributed by atoms with E-state index in [0.29, 0.717) is 0 Å². The Morgan fingerprint density at radius 1 is 1.55 bits per heavy atom. The Kier molecular flexibility index (Phi) is 3.05. The average molecular weight is 157 g/mol. The molecule has 3 heteroatoms. The Balaban J connectivity index is 2.09. The van der Waals surface area contributed by atoms with Crippen molar-refractivity contribution in [1.29, 1.82) is 0 Å². The van der Waals surface area contributed by atoms with E-state index in [9.17, 15) is 0 Å². The summed E-state index contributed by atoms with van der Waals surface area (Å²) in [7, 11) is 2.05. The molecule has 0 atom stereocenters. The molecule has 64 valence electrons. The minimum atomic E-state index is -1.30. The number of aliphatic hydroxyl groups is 2. The van der Waals surface area contributed by atoms with Gasteiger partial charge in [-0.15, -0.1) is 0 Å². The summed E-state index contributed by atoms with van der Waals surface area (Å²) in [6.07, 6.45) is 4.43. The second kappa shape index (κ2) is 3.85. The molecule has 11 heavy (non-hydrogen) atoms. The molecule has 0 aromatic heterocycles. The van der Waals surface area contributed by atoms with E-state index in [-0.39, 0.29) is 0 Å². The van der Waals surface area contributed by atoms with E-state index < -0.39 is 6.29 Å². The third kappa shape index (κ3) is 3.51. The molecule has 3 nitrogen and oxygen atoms in total. The second-order valence-corrected chi connectivity index (χ2v) is 3.01. The molecule has 1 aliphatic carbocycles. The first-order valence-electron chi connectivity index (χ1n) is 3.93. The van der Waals surface area contributed by atoms with E-state index in [4.69, 9.17) is 10.2 Å². The quantitative estimate of drug-likeness (QED) is 0.444. The zero-order valence-electron chi connectivity index (χ0n) is 6.77. The SMILES string of the molecule is CN(C/C=C/C(O)O)C1CC1. The van der Waals surface area contributed by atoms with E-state index in [0.717, 1.165) is 12.6 Å². The molecule has 1 fully saturated rings. The minimum absolute atomic E-state index is 0.732. The van der Waals surface area contributed by atoms with Crippen LogP contribution in [0.3, 0.4) is 0 Å². The fourth-order valence-electron chi connectivity index (χ4n) is 1.01. The highest BCUT2D eigenvalue weighted by Gasteiger charge is 2.24. The van der Waals surface area contributed by atoms with Crippen LogP contribution < -0.4 is 0 Å². The van der Waals surface area contributed by atoms with Crippen LogP contribution in [0.15, 0.2) is 12.2 Å². The summed E-state index contributed by atoms with van der Waals surface area (Å²) < 4.78 is 0. The molecule has 0 aliphatic heterocycles. The van der Waals surface area contributed by atoms with Crippen LogP contribution >= 0.6 is 0 Å². The monoisotopic (exact) mass is 157 g/mol. The lowest BCUT2D eigenvalue weighted by Gasteiger charge is -2.11. The van der Waals surface area contributed by atoms with Crippen LogP contribution in [0.4, 0.5) is 0 Å². The van der Waals surface area contributed by atoms with Gasteiger partial charge in [-0.25, -0.2) is 0 Å². The van der Waals surface area contributed by atoms with Crippen molar-refractivity contribution in [1.82, 2.24) is 4.90 Å². The van der Waals surface area contributed by atoms with Crippen LogP contribution in [0, 0.1) is 0 Å². The van der Waals surface area contributed by atoms with Crippen molar-refractivity contribution in [3.05, 3.63) is 12.2 Å². The van der Waals surface area contributed by atoms with Crippen LogP contribution in [0.25, 0.3) is 0 Å². The summed E-state index contributed by atoms with van der Waals surface area (Å²) in [4.78, 5) is 2.21. The van der Waals surface area contributed by atoms with Crippen molar-refractivity contribution in [3.8, 4) is 0 Å². The first-order chi connectivity index (χ1) is 5.20. The zero-order valence-corrected chi connectivity index (χ0v) is 6.77. The lowest BCUT2D eigenvalue weighted by Crippen LogP contribution is -2.20. The highest BCUT2D eigenvalue weighted by Crippen LogP contribution is 2.24. The van der Waals surface area contributed by atoms with E-state index in [2.05, 4.69) is 4.90 Å². The molecule has 0 aromatic carbocycles. The number of hydrogen-bond donors (Lipinski definition) is 2. The number of hydrogen-bond acceptors (Lipinski definition) is 3. The largest absolute Gasteiger partial charge is 0.365 e. The Hall–Kier alpha value is -0.380. The van der Waals surface area contributed by atoms with Gasteiger partial charge in [-0.05, 0) is 26.0 Å². The van der Waals surface area contributed by atoms with E-state index >= 15 is 0 Å². The number of rotatable bonds is 4. The van der Waals surface area contributed by atoms with Crippen LogP contribution in [0.1, 0.15) is 12.8 Å². The van der Waals surface area contributed by atoms with Gasteiger partial charge in [0.2, 0.25) is 0 Å². The summed E-state index contributed by atoms with van der Waals surface area (Å²) in [5.41, 5.74) is 0. The lowest BCUT2D eigenvalue weighted by atomic mass is 10.4. The molecule has 0 amide bonds. The van der Waals surface area contributed by atoms with Gasteiger partial charge in [0.15, 0.2) is 6.29 Å². The third-order valence-electron chi connectivity index (χ3n) is 1.87. The highest BCUT2D eigenvalue weighted by atomic mass is 16.5. The standard InChI is InChI=1S/C8H15NO2/c1-9(7-4-5-7)6-2-3-8(10)11/h2-3,7-8,10-11H,4-6H2,1H3/b3-2+. The van der Waals surface area contributed by atoms with Crippen molar-refractivity contribution < 1.29 is 10.2 Å². The van der Waals surface area contributed by atoms with E-state index in [1.165, 1.54) is 18.9 Å². The molecular formula is C8H15NO2. The lowest BCUT2D eigenvalue weighted by molar-refractivity contribution is 0.00207. The predicted octanol–water partition coefficient (Wildman–Crippen LogP) is -0.0525. The summed E-state index contributed by atoms with van der Waals surface area (Å²) in [5.74, 6) is 0. The van der Waals surface area contributed by atoms with Crippen LogP contribution in [0.2, 0.25) is 0 Å². The maximum atomic E-state index is 8.47. The Morgan fingerprint density at radius 3 is 2.64 bits per heavy atom. The number of nitrogens with zero attached hydrogens (tertiary/aromatic N) is 1. The summed E-state index contributed by atoms with van der Waals surface area (Å²) in [5, 5.41) is 16.9. The first kappa shape index (κ1) is 8.71. The maximum Gasteiger partial charge on any atom is 0.171 e. The van der Waals surface area contributed by atoms with Gasteiger partial charge in [0.1, 0.15) is 0 Å². The van der Waals surface area contributed by atoms with Gasteiger partial charge >= 0.3 is 0 Å². The highest BCUT2D eigenvalue weighted by molar-refractivity contribution is 4.90. The topological polar surface area (TPSA) is 43.7 Å². The molecular weight excluding hydrogens is 142 g/mol. The van der Waals surface area contributed by atoms with Crippen molar-refractivity contribution in [2.45, 2.75) is 25.2 Å². The van der Waals surface area contributed by atoms with Crippen molar-refractivity contribution in [2.24, 2.45) is 0 Å². The van der Waals surface area contributed by atoms with Gasteiger partial charge in [-0.3, -0.25) is 4.90 Å². The molecule has 0 aromatic rings. The number of likely N-dealkylation sites (N-methyl/N-ethyl adjacent to an activating group) is 1. The molecule has 1 rings (SSSR count). The number of aliphatic hydroxyl groups excluding tert-OH is 1. The molecule has 1 saturated carbocycles. The Labute approximate surface area is 66.9 Å².